The van der Waals surface area contributed by atoms with Gasteiger partial charge in [0.05, 0.1) is 13.2 Å². The molecule has 3 N–H and O–H groups in total. The fraction of sp³-hybridized carbons (Fsp3) is 0.462. The number of rotatable bonds is 8. The third-order valence-corrected chi connectivity index (χ3v) is 2.34. The van der Waals surface area contributed by atoms with Gasteiger partial charge in [-0.25, -0.2) is 0 Å². The van der Waals surface area contributed by atoms with Crippen LogP contribution in [-0.2, 0) is 4.74 Å². The predicted molar refractivity (Wildman–Crippen MR) is 72.1 cm³/mol. The Kier molecular flexibility index (Phi) is 6.52. The maximum atomic E-state index is 8.65. The SMILES string of the molecule is CCOCCOc1ccc(/C(N)=N/O)cc1OCC. The van der Waals surface area contributed by atoms with Crippen LogP contribution in [0.5, 0.6) is 11.5 Å². The lowest BCUT2D eigenvalue weighted by atomic mass is 10.2. The first kappa shape index (κ1) is 15.1. The minimum absolute atomic E-state index is 0.0295. The van der Waals surface area contributed by atoms with Crippen molar-refractivity contribution in [1.29, 1.82) is 0 Å². The van der Waals surface area contributed by atoms with Crippen molar-refractivity contribution in [2.75, 3.05) is 26.4 Å². The highest BCUT2D eigenvalue weighted by Gasteiger charge is 2.08. The van der Waals surface area contributed by atoms with Gasteiger partial charge in [-0.3, -0.25) is 0 Å². The summed E-state index contributed by atoms with van der Waals surface area (Å²) >= 11 is 0. The van der Waals surface area contributed by atoms with Crippen molar-refractivity contribution in [2.24, 2.45) is 10.9 Å². The first-order valence-electron chi connectivity index (χ1n) is 6.18. The van der Waals surface area contributed by atoms with E-state index < -0.39 is 0 Å². The third kappa shape index (κ3) is 4.67. The number of nitrogens with zero attached hydrogens (tertiary/aromatic N) is 1. The second-order valence-corrected chi connectivity index (χ2v) is 3.63. The Balaban J connectivity index is 2.79. The van der Waals surface area contributed by atoms with Gasteiger partial charge in [0, 0.05) is 12.2 Å². The molecule has 0 aliphatic heterocycles. The van der Waals surface area contributed by atoms with Crippen molar-refractivity contribution < 1.29 is 19.4 Å². The number of hydrogen-bond donors (Lipinski definition) is 2. The van der Waals surface area contributed by atoms with E-state index in [4.69, 9.17) is 25.2 Å². The smallest absolute Gasteiger partial charge is 0.170 e. The standard InChI is InChI=1S/C13H20N2O4/c1-3-17-7-8-19-11-6-5-10(13(14)15-16)9-12(11)18-4-2/h5-6,9,16H,3-4,7-8H2,1-2H3,(H2,14,15). The predicted octanol–water partition coefficient (Wildman–Crippen LogP) is 1.60. The zero-order valence-electron chi connectivity index (χ0n) is 11.3. The van der Waals surface area contributed by atoms with Crippen molar-refractivity contribution >= 4 is 5.84 Å². The summed E-state index contributed by atoms with van der Waals surface area (Å²) in [5.41, 5.74) is 6.11. The average molecular weight is 268 g/mol. The molecule has 1 rings (SSSR count). The molecule has 0 unspecified atom stereocenters. The summed E-state index contributed by atoms with van der Waals surface area (Å²) in [5.74, 6) is 1.20. The second kappa shape index (κ2) is 8.20. The molecule has 0 aliphatic carbocycles. The molecule has 0 heterocycles. The molecule has 0 amide bonds. The van der Waals surface area contributed by atoms with E-state index in [1.54, 1.807) is 18.2 Å². The minimum atomic E-state index is 0.0295. The molecule has 6 heteroatoms. The molecule has 1 aromatic carbocycles. The lowest BCUT2D eigenvalue weighted by Crippen LogP contribution is -2.14. The van der Waals surface area contributed by atoms with Crippen LogP contribution in [-0.4, -0.2) is 37.5 Å². The number of ether oxygens (including phenoxy) is 3. The van der Waals surface area contributed by atoms with Crippen LogP contribution in [0.15, 0.2) is 23.4 Å². The summed E-state index contributed by atoms with van der Waals surface area (Å²) in [7, 11) is 0. The van der Waals surface area contributed by atoms with E-state index in [0.29, 0.717) is 43.5 Å². The highest BCUT2D eigenvalue weighted by Crippen LogP contribution is 2.28. The van der Waals surface area contributed by atoms with Gasteiger partial charge in [0.2, 0.25) is 0 Å². The van der Waals surface area contributed by atoms with Gasteiger partial charge in [0.25, 0.3) is 0 Å². The first-order valence-corrected chi connectivity index (χ1v) is 6.18. The van der Waals surface area contributed by atoms with Gasteiger partial charge in [0.1, 0.15) is 6.61 Å². The topological polar surface area (TPSA) is 86.3 Å². The first-order chi connectivity index (χ1) is 9.22. The summed E-state index contributed by atoms with van der Waals surface area (Å²) in [5, 5.41) is 11.6. The summed E-state index contributed by atoms with van der Waals surface area (Å²) in [6.45, 7) is 5.92. The molecule has 1 aromatic rings. The average Bonchev–Trinajstić information content (AvgIpc) is 2.44. The number of amidine groups is 1. The van der Waals surface area contributed by atoms with Crippen LogP contribution in [0.3, 0.4) is 0 Å². The molecule has 0 radical (unpaired) electrons. The Morgan fingerprint density at radius 2 is 1.95 bits per heavy atom. The molecule has 0 saturated heterocycles. The zero-order valence-corrected chi connectivity index (χ0v) is 11.3. The Labute approximate surface area is 112 Å². The van der Waals surface area contributed by atoms with Crippen LogP contribution in [0, 0.1) is 0 Å². The molecule has 6 nitrogen and oxygen atoms in total. The Hall–Kier alpha value is -1.95. The summed E-state index contributed by atoms with van der Waals surface area (Å²) < 4.78 is 16.2. The number of hydrogen-bond acceptors (Lipinski definition) is 5. The van der Waals surface area contributed by atoms with E-state index >= 15 is 0 Å². The fourth-order valence-corrected chi connectivity index (χ4v) is 1.47. The van der Waals surface area contributed by atoms with Crippen LogP contribution in [0.2, 0.25) is 0 Å². The lowest BCUT2D eigenvalue weighted by molar-refractivity contribution is 0.108. The van der Waals surface area contributed by atoms with E-state index in [1.165, 1.54) is 0 Å². The molecule has 19 heavy (non-hydrogen) atoms. The quantitative estimate of drug-likeness (QED) is 0.246. The van der Waals surface area contributed by atoms with Gasteiger partial charge in [0.15, 0.2) is 17.3 Å². The molecule has 106 valence electrons. The van der Waals surface area contributed by atoms with Crippen molar-refractivity contribution in [3.8, 4) is 11.5 Å². The van der Waals surface area contributed by atoms with E-state index in [2.05, 4.69) is 5.16 Å². The van der Waals surface area contributed by atoms with Crippen molar-refractivity contribution in [2.45, 2.75) is 13.8 Å². The van der Waals surface area contributed by atoms with Crippen molar-refractivity contribution in [1.82, 2.24) is 0 Å². The lowest BCUT2D eigenvalue weighted by Gasteiger charge is -2.13. The van der Waals surface area contributed by atoms with Gasteiger partial charge in [-0.05, 0) is 32.0 Å². The zero-order chi connectivity index (χ0) is 14.1. The Morgan fingerprint density at radius 3 is 2.58 bits per heavy atom. The molecular formula is C13H20N2O4. The van der Waals surface area contributed by atoms with Crippen LogP contribution in [0.25, 0.3) is 0 Å². The summed E-state index contributed by atoms with van der Waals surface area (Å²) in [6, 6.07) is 5.10. The maximum absolute atomic E-state index is 8.65. The Bertz CT molecular complexity index is 421. The highest BCUT2D eigenvalue weighted by molar-refractivity contribution is 5.97. The van der Waals surface area contributed by atoms with Gasteiger partial charge in [-0.1, -0.05) is 5.16 Å². The van der Waals surface area contributed by atoms with Crippen LogP contribution in [0.4, 0.5) is 0 Å². The second-order valence-electron chi connectivity index (χ2n) is 3.63. The number of oxime groups is 1. The van der Waals surface area contributed by atoms with E-state index in [9.17, 15) is 0 Å². The monoisotopic (exact) mass is 268 g/mol. The number of benzene rings is 1. The van der Waals surface area contributed by atoms with Crippen molar-refractivity contribution in [3.05, 3.63) is 23.8 Å². The molecule has 0 saturated carbocycles. The Morgan fingerprint density at radius 1 is 1.16 bits per heavy atom. The van der Waals surface area contributed by atoms with Crippen LogP contribution in [0.1, 0.15) is 19.4 Å². The molecule has 0 atom stereocenters. The molecule has 0 aliphatic rings. The van der Waals surface area contributed by atoms with E-state index in [-0.39, 0.29) is 5.84 Å². The van der Waals surface area contributed by atoms with Gasteiger partial charge in [-0.15, -0.1) is 0 Å². The minimum Gasteiger partial charge on any atom is -0.490 e. The maximum Gasteiger partial charge on any atom is 0.170 e. The fourth-order valence-electron chi connectivity index (χ4n) is 1.47. The molecule has 0 fully saturated rings. The summed E-state index contributed by atoms with van der Waals surface area (Å²) in [4.78, 5) is 0. The van der Waals surface area contributed by atoms with Crippen LogP contribution >= 0.6 is 0 Å². The van der Waals surface area contributed by atoms with Gasteiger partial charge >= 0.3 is 0 Å². The third-order valence-electron chi connectivity index (χ3n) is 2.34. The molecule has 0 spiro atoms. The highest BCUT2D eigenvalue weighted by atomic mass is 16.5. The van der Waals surface area contributed by atoms with Gasteiger partial charge in [-0.2, -0.15) is 0 Å². The van der Waals surface area contributed by atoms with Gasteiger partial charge < -0.3 is 25.2 Å². The summed E-state index contributed by atoms with van der Waals surface area (Å²) in [6.07, 6.45) is 0. The largest absolute Gasteiger partial charge is 0.490 e. The number of nitrogens with two attached hydrogens (primary N) is 1. The van der Waals surface area contributed by atoms with E-state index in [0.717, 1.165) is 0 Å². The molecule has 0 aromatic heterocycles. The van der Waals surface area contributed by atoms with Crippen LogP contribution < -0.4 is 15.2 Å². The normalized spacial score (nSPS) is 11.4. The molecule has 0 bridgehead atoms. The molecular weight excluding hydrogens is 248 g/mol. The van der Waals surface area contributed by atoms with Crippen molar-refractivity contribution in [3.63, 3.8) is 0 Å². The van der Waals surface area contributed by atoms with E-state index in [1.807, 2.05) is 13.8 Å².